The van der Waals surface area contributed by atoms with E-state index in [-0.39, 0.29) is 5.28 Å². The predicted molar refractivity (Wildman–Crippen MR) is 121 cm³/mol. The molecule has 3 aromatic rings. The lowest BCUT2D eigenvalue weighted by Gasteiger charge is -2.37. The van der Waals surface area contributed by atoms with Crippen molar-refractivity contribution in [2.45, 2.75) is 25.4 Å². The van der Waals surface area contributed by atoms with E-state index in [1.54, 1.807) is 14.2 Å². The van der Waals surface area contributed by atoms with E-state index in [1.807, 2.05) is 12.1 Å². The van der Waals surface area contributed by atoms with E-state index in [4.69, 9.17) is 21.1 Å². The lowest BCUT2D eigenvalue weighted by Crippen LogP contribution is -2.43. The number of piperidine rings is 1. The molecule has 7 heteroatoms. The highest BCUT2D eigenvalue weighted by atomic mass is 35.5. The SMILES string of the molecule is COc1cc2nc(Cl)nc(N(C)C3CCN(Cc4ccccc4)CC3)c2cc1OC. The molecule has 4 rings (SSSR count). The number of anilines is 1. The predicted octanol–water partition coefficient (Wildman–Crippen LogP) is 4.40. The zero-order valence-electron chi connectivity index (χ0n) is 17.6. The second-order valence-corrected chi connectivity index (χ2v) is 7.98. The Bertz CT molecular complexity index is 1010. The van der Waals surface area contributed by atoms with Gasteiger partial charge in [-0.05, 0) is 36.1 Å². The molecule has 0 bridgehead atoms. The molecule has 0 amide bonds. The third-order valence-electron chi connectivity index (χ3n) is 5.84. The van der Waals surface area contributed by atoms with Gasteiger partial charge in [0.15, 0.2) is 11.5 Å². The molecule has 0 saturated carbocycles. The van der Waals surface area contributed by atoms with Gasteiger partial charge in [-0.25, -0.2) is 4.98 Å². The fourth-order valence-electron chi connectivity index (χ4n) is 4.16. The van der Waals surface area contributed by atoms with Gasteiger partial charge < -0.3 is 14.4 Å². The van der Waals surface area contributed by atoms with Gasteiger partial charge >= 0.3 is 0 Å². The number of benzene rings is 2. The third-order valence-corrected chi connectivity index (χ3v) is 6.01. The highest BCUT2D eigenvalue weighted by Crippen LogP contribution is 2.36. The van der Waals surface area contributed by atoms with Crippen molar-refractivity contribution in [3.63, 3.8) is 0 Å². The number of aromatic nitrogens is 2. The largest absolute Gasteiger partial charge is 0.493 e. The summed E-state index contributed by atoms with van der Waals surface area (Å²) in [5, 5.41) is 1.14. The monoisotopic (exact) mass is 426 g/mol. The van der Waals surface area contributed by atoms with E-state index < -0.39 is 0 Å². The maximum absolute atomic E-state index is 6.26. The zero-order chi connectivity index (χ0) is 21.1. The summed E-state index contributed by atoms with van der Waals surface area (Å²) in [7, 11) is 5.33. The molecule has 1 fully saturated rings. The molecule has 2 heterocycles. The van der Waals surface area contributed by atoms with Crippen LogP contribution < -0.4 is 14.4 Å². The molecule has 1 aliphatic rings. The first-order valence-corrected chi connectivity index (χ1v) is 10.5. The molecule has 1 aliphatic heterocycles. The maximum atomic E-state index is 6.26. The molecule has 6 nitrogen and oxygen atoms in total. The molecule has 0 atom stereocenters. The molecule has 2 aromatic carbocycles. The van der Waals surface area contributed by atoms with Crippen LogP contribution in [0, 0.1) is 0 Å². The smallest absolute Gasteiger partial charge is 0.224 e. The van der Waals surface area contributed by atoms with Crippen molar-refractivity contribution in [3.8, 4) is 11.5 Å². The van der Waals surface area contributed by atoms with Gasteiger partial charge in [0.05, 0.1) is 19.7 Å². The fraction of sp³-hybridized carbons (Fsp3) is 0.391. The van der Waals surface area contributed by atoms with E-state index >= 15 is 0 Å². The molecule has 1 aromatic heterocycles. The Morgan fingerprint density at radius 3 is 2.37 bits per heavy atom. The van der Waals surface area contributed by atoms with Crippen LogP contribution in [0.4, 0.5) is 5.82 Å². The molecular formula is C23H27ClN4O2. The van der Waals surface area contributed by atoms with Gasteiger partial charge in [0.25, 0.3) is 0 Å². The number of ether oxygens (including phenoxy) is 2. The minimum atomic E-state index is 0.234. The van der Waals surface area contributed by atoms with Crippen molar-refractivity contribution >= 4 is 28.3 Å². The van der Waals surface area contributed by atoms with Gasteiger partial charge in [0, 0.05) is 44.2 Å². The standard InChI is InChI=1S/C23H27ClN4O2/c1-27(17-9-11-28(12-10-17)15-16-7-5-4-6-8-16)22-18-13-20(29-2)21(30-3)14-19(18)25-23(24)26-22/h4-8,13-14,17H,9-12,15H2,1-3H3. The summed E-state index contributed by atoms with van der Waals surface area (Å²) in [6.45, 7) is 3.10. The topological polar surface area (TPSA) is 50.7 Å². The second kappa shape index (κ2) is 9.06. The number of likely N-dealkylation sites (tertiary alicyclic amines) is 1. The quantitative estimate of drug-likeness (QED) is 0.544. The van der Waals surface area contributed by atoms with Gasteiger partial charge in [-0.2, -0.15) is 4.98 Å². The second-order valence-electron chi connectivity index (χ2n) is 7.64. The van der Waals surface area contributed by atoms with Crippen molar-refractivity contribution < 1.29 is 9.47 Å². The summed E-state index contributed by atoms with van der Waals surface area (Å²) in [5.74, 6) is 2.11. The van der Waals surface area contributed by atoms with Gasteiger partial charge in [0.2, 0.25) is 5.28 Å². The average molecular weight is 427 g/mol. The summed E-state index contributed by atoms with van der Waals surface area (Å²) >= 11 is 6.26. The van der Waals surface area contributed by atoms with Crippen molar-refractivity contribution in [1.82, 2.24) is 14.9 Å². The first-order valence-electron chi connectivity index (χ1n) is 10.2. The Balaban J connectivity index is 1.54. The fourth-order valence-corrected chi connectivity index (χ4v) is 4.33. The number of fused-ring (bicyclic) bond motifs is 1. The van der Waals surface area contributed by atoms with Crippen LogP contribution >= 0.6 is 11.6 Å². The highest BCUT2D eigenvalue weighted by Gasteiger charge is 2.25. The Morgan fingerprint density at radius 2 is 1.70 bits per heavy atom. The molecule has 0 unspecified atom stereocenters. The summed E-state index contributed by atoms with van der Waals surface area (Å²) in [6.07, 6.45) is 2.14. The molecule has 0 spiro atoms. The van der Waals surface area contributed by atoms with Gasteiger partial charge in [0.1, 0.15) is 5.82 Å². The molecule has 0 N–H and O–H groups in total. The van der Waals surface area contributed by atoms with Crippen LogP contribution in [0.15, 0.2) is 42.5 Å². The van der Waals surface area contributed by atoms with Crippen molar-refractivity contribution in [3.05, 3.63) is 53.3 Å². The Labute approximate surface area is 182 Å². The van der Waals surface area contributed by atoms with Crippen LogP contribution in [-0.2, 0) is 6.54 Å². The van der Waals surface area contributed by atoms with Crippen LogP contribution in [-0.4, -0.2) is 55.3 Å². The molecule has 30 heavy (non-hydrogen) atoms. The third kappa shape index (κ3) is 4.30. The van der Waals surface area contributed by atoms with E-state index in [0.717, 1.165) is 49.2 Å². The number of halogens is 1. The number of hydrogen-bond acceptors (Lipinski definition) is 6. The lowest BCUT2D eigenvalue weighted by atomic mass is 10.0. The number of rotatable bonds is 6. The van der Waals surface area contributed by atoms with E-state index in [2.05, 4.69) is 57.1 Å². The number of nitrogens with zero attached hydrogens (tertiary/aromatic N) is 4. The zero-order valence-corrected chi connectivity index (χ0v) is 18.4. The lowest BCUT2D eigenvalue weighted by molar-refractivity contribution is 0.203. The molecular weight excluding hydrogens is 400 g/mol. The molecule has 0 radical (unpaired) electrons. The highest BCUT2D eigenvalue weighted by molar-refractivity contribution is 6.28. The van der Waals surface area contributed by atoms with Crippen LogP contribution in [0.3, 0.4) is 0 Å². The van der Waals surface area contributed by atoms with Crippen molar-refractivity contribution in [2.75, 3.05) is 39.3 Å². The van der Waals surface area contributed by atoms with Gasteiger partial charge in [-0.1, -0.05) is 30.3 Å². The molecule has 158 valence electrons. The molecule has 1 saturated heterocycles. The summed E-state index contributed by atoms with van der Waals surface area (Å²) < 4.78 is 10.9. The summed E-state index contributed by atoms with van der Waals surface area (Å²) in [6, 6.07) is 14.8. The minimum Gasteiger partial charge on any atom is -0.493 e. The van der Waals surface area contributed by atoms with Crippen LogP contribution in [0.1, 0.15) is 18.4 Å². The van der Waals surface area contributed by atoms with Gasteiger partial charge in [-0.3, -0.25) is 4.90 Å². The van der Waals surface area contributed by atoms with E-state index in [0.29, 0.717) is 17.5 Å². The number of methoxy groups -OCH3 is 2. The average Bonchev–Trinajstić information content (AvgIpc) is 2.78. The van der Waals surface area contributed by atoms with E-state index in [9.17, 15) is 0 Å². The Morgan fingerprint density at radius 1 is 1.03 bits per heavy atom. The maximum Gasteiger partial charge on any atom is 0.224 e. The van der Waals surface area contributed by atoms with E-state index in [1.165, 1.54) is 5.56 Å². The first-order chi connectivity index (χ1) is 14.6. The summed E-state index contributed by atoms with van der Waals surface area (Å²) in [5.41, 5.74) is 2.11. The molecule has 0 aliphatic carbocycles. The number of hydrogen-bond donors (Lipinski definition) is 0. The van der Waals surface area contributed by atoms with Gasteiger partial charge in [-0.15, -0.1) is 0 Å². The Kier molecular flexibility index (Phi) is 6.25. The van der Waals surface area contributed by atoms with Crippen molar-refractivity contribution in [2.24, 2.45) is 0 Å². The Hall–Kier alpha value is -2.57. The van der Waals surface area contributed by atoms with Crippen LogP contribution in [0.25, 0.3) is 10.9 Å². The first kappa shape index (κ1) is 20.7. The summed E-state index contributed by atoms with van der Waals surface area (Å²) in [4.78, 5) is 13.7. The van der Waals surface area contributed by atoms with Crippen molar-refractivity contribution in [1.29, 1.82) is 0 Å². The van der Waals surface area contributed by atoms with Crippen LogP contribution in [0.2, 0.25) is 5.28 Å². The minimum absolute atomic E-state index is 0.234. The van der Waals surface area contributed by atoms with Crippen LogP contribution in [0.5, 0.6) is 11.5 Å². The normalized spacial score (nSPS) is 15.3.